The molecule has 3 unspecified atom stereocenters. The van der Waals surface area contributed by atoms with E-state index in [0.717, 1.165) is 43.5 Å². The van der Waals surface area contributed by atoms with Crippen molar-refractivity contribution in [1.29, 1.82) is 0 Å². The summed E-state index contributed by atoms with van der Waals surface area (Å²) in [6, 6.07) is 7.21. The van der Waals surface area contributed by atoms with Crippen molar-refractivity contribution < 1.29 is 52.5 Å². The number of benzene rings is 1. The Labute approximate surface area is 264 Å². The normalized spacial score (nSPS) is 12.5. The minimum absolute atomic E-state index is 0.105. The van der Waals surface area contributed by atoms with E-state index in [9.17, 15) is 28.8 Å². The molecule has 2 N–H and O–H groups in total. The first-order valence-electron chi connectivity index (χ1n) is 12.5. The van der Waals surface area contributed by atoms with Crippen LogP contribution >= 0.6 is 39.5 Å². The van der Waals surface area contributed by atoms with Gasteiger partial charge in [-0.2, -0.15) is 0 Å². The van der Waals surface area contributed by atoms with E-state index < -0.39 is 60.7 Å². The summed E-state index contributed by atoms with van der Waals surface area (Å²) >= 11 is 9.79. The third-order valence-electron chi connectivity index (χ3n) is 5.18. The van der Waals surface area contributed by atoms with Crippen molar-refractivity contribution in [3.8, 4) is 11.1 Å². The summed E-state index contributed by atoms with van der Waals surface area (Å²) in [5.41, 5.74) is 1.43. The molecule has 232 valence electrons. The summed E-state index contributed by atoms with van der Waals surface area (Å²) in [4.78, 5) is 73.3. The number of thiocarbonyl (C=S) groups is 1. The average Bonchev–Trinajstić information content (AvgIpc) is 3.31. The number of hydrogen-bond acceptors (Lipinski definition) is 13. The lowest BCUT2D eigenvalue weighted by Crippen LogP contribution is -2.55. The van der Waals surface area contributed by atoms with Crippen LogP contribution in [0.4, 0.5) is 5.00 Å². The second-order valence-electron chi connectivity index (χ2n) is 8.58. The topological polar surface area (TPSA) is 173 Å². The van der Waals surface area contributed by atoms with E-state index in [0.29, 0.717) is 11.1 Å². The lowest BCUT2D eigenvalue weighted by atomic mass is 10.0. The molecule has 2 aromatic rings. The summed E-state index contributed by atoms with van der Waals surface area (Å²) in [6.07, 6.45) is -5.19. The van der Waals surface area contributed by atoms with Gasteiger partial charge in [0.15, 0.2) is 17.3 Å². The summed E-state index contributed by atoms with van der Waals surface area (Å²) < 4.78 is 26.4. The van der Waals surface area contributed by atoms with Gasteiger partial charge in [-0.05, 0) is 36.8 Å². The Balaban J connectivity index is 2.40. The number of carbonyl (C=O) groups is 6. The van der Waals surface area contributed by atoms with Crippen molar-refractivity contribution in [1.82, 2.24) is 5.32 Å². The number of amides is 1. The molecule has 0 spiro atoms. The standard InChI is InChI=1S/C27H29BrN2O11S2/c1-6-37-26(36)21-19(17-7-9-18(28)10-8-17)12-43-25(21)30-27(42)29-24(35)23(41-16(5)34)22(40-15(4)33)20(39-14(3)32)11-38-13(2)31/h7-10,12,20,22-23H,6,11H2,1-5H3,(H2,29,30,35,42). The number of halogens is 1. The molecule has 0 aliphatic heterocycles. The van der Waals surface area contributed by atoms with E-state index in [4.69, 9.17) is 35.9 Å². The van der Waals surface area contributed by atoms with Gasteiger partial charge in [-0.3, -0.25) is 29.3 Å². The molecule has 0 fully saturated rings. The second kappa shape index (κ2) is 16.7. The second-order valence-corrected chi connectivity index (χ2v) is 10.8. The number of ether oxygens (including phenoxy) is 5. The zero-order valence-corrected chi connectivity index (χ0v) is 26.9. The highest BCUT2D eigenvalue weighted by molar-refractivity contribution is 9.10. The maximum atomic E-state index is 13.4. The van der Waals surface area contributed by atoms with Gasteiger partial charge in [-0.15, -0.1) is 11.3 Å². The third-order valence-corrected chi connectivity index (χ3v) is 6.80. The molecule has 0 saturated carbocycles. The first kappa shape index (κ1) is 35.3. The van der Waals surface area contributed by atoms with Crippen molar-refractivity contribution >= 4 is 85.4 Å². The molecule has 43 heavy (non-hydrogen) atoms. The van der Waals surface area contributed by atoms with Crippen LogP contribution in [-0.2, 0) is 47.7 Å². The van der Waals surface area contributed by atoms with Crippen LogP contribution in [0.3, 0.4) is 0 Å². The average molecular weight is 702 g/mol. The van der Waals surface area contributed by atoms with Gasteiger partial charge in [0, 0.05) is 43.1 Å². The van der Waals surface area contributed by atoms with Gasteiger partial charge < -0.3 is 29.0 Å². The molecule has 1 heterocycles. The largest absolute Gasteiger partial charge is 0.462 e. The van der Waals surface area contributed by atoms with Crippen LogP contribution < -0.4 is 10.6 Å². The molecule has 0 bridgehead atoms. The van der Waals surface area contributed by atoms with E-state index >= 15 is 0 Å². The first-order valence-corrected chi connectivity index (χ1v) is 14.6. The van der Waals surface area contributed by atoms with Crippen LogP contribution in [0, 0.1) is 0 Å². The molecule has 0 aliphatic carbocycles. The molecule has 0 saturated heterocycles. The fraction of sp³-hybridized carbons (Fsp3) is 0.370. The van der Waals surface area contributed by atoms with Crippen LogP contribution in [0.5, 0.6) is 0 Å². The van der Waals surface area contributed by atoms with Gasteiger partial charge in [0.2, 0.25) is 6.10 Å². The van der Waals surface area contributed by atoms with Gasteiger partial charge in [0.05, 0.1) is 6.61 Å². The van der Waals surface area contributed by atoms with E-state index in [1.807, 2.05) is 0 Å². The Morgan fingerprint density at radius 3 is 2.02 bits per heavy atom. The fourth-order valence-corrected chi connectivity index (χ4v) is 5.09. The van der Waals surface area contributed by atoms with E-state index in [1.54, 1.807) is 36.6 Å². The summed E-state index contributed by atoms with van der Waals surface area (Å²) in [5, 5.41) is 6.74. The maximum Gasteiger partial charge on any atom is 0.341 e. The number of nitrogens with one attached hydrogen (secondary N) is 2. The van der Waals surface area contributed by atoms with E-state index in [-0.39, 0.29) is 22.3 Å². The van der Waals surface area contributed by atoms with Crippen LogP contribution in [0.25, 0.3) is 11.1 Å². The summed E-state index contributed by atoms with van der Waals surface area (Å²) in [7, 11) is 0. The number of carbonyl (C=O) groups excluding carboxylic acids is 6. The molecular formula is C27H29BrN2O11S2. The molecule has 16 heteroatoms. The molecular weight excluding hydrogens is 672 g/mol. The van der Waals surface area contributed by atoms with Crippen molar-refractivity contribution in [2.75, 3.05) is 18.5 Å². The van der Waals surface area contributed by atoms with Gasteiger partial charge in [0.25, 0.3) is 5.91 Å². The predicted octanol–water partition coefficient (Wildman–Crippen LogP) is 3.53. The molecule has 2 rings (SSSR count). The molecule has 1 aromatic heterocycles. The van der Waals surface area contributed by atoms with Gasteiger partial charge in [-0.1, -0.05) is 28.1 Å². The first-order chi connectivity index (χ1) is 20.2. The molecule has 13 nitrogen and oxygen atoms in total. The zero-order chi connectivity index (χ0) is 32.3. The van der Waals surface area contributed by atoms with Gasteiger partial charge >= 0.3 is 29.8 Å². The van der Waals surface area contributed by atoms with Crippen LogP contribution in [0.1, 0.15) is 45.0 Å². The zero-order valence-electron chi connectivity index (χ0n) is 23.7. The maximum absolute atomic E-state index is 13.4. The minimum Gasteiger partial charge on any atom is -0.462 e. The quantitative estimate of drug-likeness (QED) is 0.187. The molecule has 3 atom stereocenters. The SMILES string of the molecule is CCOC(=O)c1c(-c2ccc(Br)cc2)csc1NC(=S)NC(=O)C(OC(C)=O)C(OC(C)=O)C(COC(C)=O)OC(C)=O. The molecule has 0 radical (unpaired) electrons. The van der Waals surface area contributed by atoms with Crippen molar-refractivity contribution in [2.45, 2.75) is 52.9 Å². The number of esters is 5. The van der Waals surface area contributed by atoms with Crippen LogP contribution in [0.2, 0.25) is 0 Å². The highest BCUT2D eigenvalue weighted by Crippen LogP contribution is 2.36. The van der Waals surface area contributed by atoms with Crippen molar-refractivity contribution in [3.05, 3.63) is 39.7 Å². The van der Waals surface area contributed by atoms with Gasteiger partial charge in [0.1, 0.15) is 17.2 Å². The third kappa shape index (κ3) is 11.0. The van der Waals surface area contributed by atoms with Crippen LogP contribution in [-0.4, -0.2) is 72.4 Å². The lowest BCUT2D eigenvalue weighted by molar-refractivity contribution is -0.190. The van der Waals surface area contributed by atoms with E-state index in [1.165, 1.54) is 0 Å². The number of rotatable bonds is 12. The molecule has 1 amide bonds. The fourth-order valence-electron chi connectivity index (χ4n) is 3.60. The monoisotopic (exact) mass is 700 g/mol. The van der Waals surface area contributed by atoms with Crippen molar-refractivity contribution in [2.24, 2.45) is 0 Å². The molecule has 1 aromatic carbocycles. The highest BCUT2D eigenvalue weighted by Gasteiger charge is 2.42. The minimum atomic E-state index is -1.91. The molecule has 0 aliphatic rings. The Bertz CT molecular complexity index is 1380. The van der Waals surface area contributed by atoms with Crippen LogP contribution in [0.15, 0.2) is 34.1 Å². The number of thiophene rings is 1. The Morgan fingerprint density at radius 2 is 1.49 bits per heavy atom. The Kier molecular flexibility index (Phi) is 13.7. The van der Waals surface area contributed by atoms with Gasteiger partial charge in [-0.25, -0.2) is 4.79 Å². The highest BCUT2D eigenvalue weighted by atomic mass is 79.9. The summed E-state index contributed by atoms with van der Waals surface area (Å²) in [6.45, 7) is 5.26. The Morgan fingerprint density at radius 1 is 0.884 bits per heavy atom. The lowest BCUT2D eigenvalue weighted by Gasteiger charge is -2.30. The predicted molar refractivity (Wildman–Crippen MR) is 161 cm³/mol. The number of hydrogen-bond donors (Lipinski definition) is 2. The number of anilines is 1. The van der Waals surface area contributed by atoms with Crippen molar-refractivity contribution in [3.63, 3.8) is 0 Å². The summed E-state index contributed by atoms with van der Waals surface area (Å²) in [5.74, 6) is -5.21. The van der Waals surface area contributed by atoms with E-state index in [2.05, 4.69) is 26.6 Å². The Hall–Kier alpha value is -3.89. The smallest absolute Gasteiger partial charge is 0.341 e.